The Morgan fingerprint density at radius 1 is 1.09 bits per heavy atom. The van der Waals surface area contributed by atoms with Gasteiger partial charge in [0.2, 0.25) is 12.7 Å². The van der Waals surface area contributed by atoms with E-state index in [9.17, 15) is 14.9 Å². The van der Waals surface area contributed by atoms with Crippen molar-refractivity contribution in [1.29, 1.82) is 5.26 Å². The number of methoxy groups -OCH3 is 2. The number of aryl methyl sites for hydroxylation is 1. The van der Waals surface area contributed by atoms with Crippen molar-refractivity contribution in [3.05, 3.63) is 52.1 Å². The second-order valence-corrected chi connectivity index (χ2v) is 15.0. The highest BCUT2D eigenvalue weighted by molar-refractivity contribution is 5.85. The first-order valence-electron chi connectivity index (χ1n) is 17.9. The van der Waals surface area contributed by atoms with Crippen molar-refractivity contribution < 1.29 is 42.7 Å². The highest BCUT2D eigenvalue weighted by Crippen LogP contribution is 2.58. The van der Waals surface area contributed by atoms with Gasteiger partial charge in [0, 0.05) is 48.0 Å². The van der Waals surface area contributed by atoms with Gasteiger partial charge < -0.3 is 43.8 Å². The summed E-state index contributed by atoms with van der Waals surface area (Å²) < 4.78 is 41.6. The molecule has 286 valence electrons. The van der Waals surface area contributed by atoms with Crippen LogP contribution in [0.1, 0.15) is 73.2 Å². The van der Waals surface area contributed by atoms with Crippen LogP contribution in [0.5, 0.6) is 28.7 Å². The molecule has 14 nitrogen and oxygen atoms in total. The van der Waals surface area contributed by atoms with Crippen LogP contribution in [0.2, 0.25) is 0 Å². The lowest BCUT2D eigenvalue weighted by Crippen LogP contribution is -2.69. The highest BCUT2D eigenvalue weighted by Gasteiger charge is 2.57. The maximum Gasteiger partial charge on any atom is 0.408 e. The molecule has 4 aliphatic heterocycles. The lowest BCUT2D eigenvalue weighted by Gasteiger charge is -2.60. The quantitative estimate of drug-likeness (QED) is 0.249. The van der Waals surface area contributed by atoms with E-state index in [1.54, 1.807) is 48.0 Å². The number of carbonyl (C=O) groups is 2. The molecule has 2 amide bonds. The molecule has 2 aromatic rings. The van der Waals surface area contributed by atoms with Crippen molar-refractivity contribution in [3.8, 4) is 34.8 Å². The molecule has 4 aliphatic rings. The van der Waals surface area contributed by atoms with Gasteiger partial charge in [0.1, 0.15) is 30.0 Å². The monoisotopic (exact) mass is 733 g/mol. The third kappa shape index (κ3) is 6.82. The molecular weight excluding hydrogens is 682 g/mol. The molecule has 6 atom stereocenters. The van der Waals surface area contributed by atoms with E-state index >= 15 is 0 Å². The molecule has 2 bridgehead atoms. The maximum atomic E-state index is 13.7. The second kappa shape index (κ2) is 15.0. The predicted molar refractivity (Wildman–Crippen MR) is 195 cm³/mol. The Labute approximate surface area is 311 Å². The Bertz CT molecular complexity index is 1820. The van der Waals surface area contributed by atoms with Gasteiger partial charge in [-0.1, -0.05) is 18.7 Å². The summed E-state index contributed by atoms with van der Waals surface area (Å²) in [5.74, 6) is 2.63. The van der Waals surface area contributed by atoms with Gasteiger partial charge in [0.05, 0.1) is 25.3 Å². The maximum absolute atomic E-state index is 13.7. The van der Waals surface area contributed by atoms with Gasteiger partial charge in [0.15, 0.2) is 29.8 Å². The Hall–Kier alpha value is -4.71. The molecule has 1 fully saturated rings. The van der Waals surface area contributed by atoms with Crippen LogP contribution in [-0.2, 0) is 27.1 Å². The second-order valence-electron chi connectivity index (χ2n) is 15.0. The van der Waals surface area contributed by atoms with Crippen LogP contribution >= 0.6 is 0 Å². The first-order valence-corrected chi connectivity index (χ1v) is 17.9. The van der Waals surface area contributed by atoms with Crippen LogP contribution in [-0.4, -0.2) is 99.6 Å². The number of rotatable bonds is 11. The summed E-state index contributed by atoms with van der Waals surface area (Å²) in [7, 11) is 5.27. The minimum absolute atomic E-state index is 0.0231. The summed E-state index contributed by atoms with van der Waals surface area (Å²) in [6.45, 7) is 15.1. The summed E-state index contributed by atoms with van der Waals surface area (Å²) in [5.41, 5.74) is 4.77. The number of nitrogens with zero attached hydrogens (tertiary/aromatic N) is 3. The minimum atomic E-state index is -0.903. The van der Waals surface area contributed by atoms with E-state index in [0.717, 1.165) is 33.4 Å². The fraction of sp³-hybridized carbons (Fsp3) is 0.564. The highest BCUT2D eigenvalue weighted by atomic mass is 16.7. The molecule has 2 N–H and O–H groups in total. The Morgan fingerprint density at radius 2 is 1.83 bits per heavy atom. The number of alkyl carbamates (subject to hydrolysis) is 1. The molecule has 4 heterocycles. The first kappa shape index (κ1) is 38.0. The number of hydrogen-bond donors (Lipinski definition) is 2. The van der Waals surface area contributed by atoms with E-state index in [1.807, 2.05) is 13.8 Å². The van der Waals surface area contributed by atoms with Crippen molar-refractivity contribution in [2.75, 3.05) is 48.0 Å². The van der Waals surface area contributed by atoms with E-state index in [2.05, 4.69) is 46.2 Å². The number of ether oxygens (including phenoxy) is 7. The number of benzene rings is 2. The van der Waals surface area contributed by atoms with Crippen molar-refractivity contribution in [2.24, 2.45) is 0 Å². The van der Waals surface area contributed by atoms with Crippen molar-refractivity contribution in [2.45, 2.75) is 96.2 Å². The van der Waals surface area contributed by atoms with E-state index < -0.39 is 35.7 Å². The van der Waals surface area contributed by atoms with Gasteiger partial charge in [-0.15, -0.1) is 0 Å². The van der Waals surface area contributed by atoms with Crippen LogP contribution in [0.25, 0.3) is 0 Å². The molecule has 1 saturated heterocycles. The fourth-order valence-electron chi connectivity index (χ4n) is 8.50. The van der Waals surface area contributed by atoms with Crippen LogP contribution in [0, 0.1) is 25.2 Å². The van der Waals surface area contributed by atoms with E-state index in [4.69, 9.17) is 33.2 Å². The smallest absolute Gasteiger partial charge is 0.408 e. The van der Waals surface area contributed by atoms with E-state index in [0.29, 0.717) is 41.6 Å². The van der Waals surface area contributed by atoms with Crippen LogP contribution in [0.4, 0.5) is 4.79 Å². The van der Waals surface area contributed by atoms with Crippen molar-refractivity contribution >= 4 is 12.0 Å². The Morgan fingerprint density at radius 3 is 2.49 bits per heavy atom. The van der Waals surface area contributed by atoms with E-state index in [1.165, 1.54) is 0 Å². The molecule has 0 aliphatic carbocycles. The largest absolute Gasteiger partial charge is 0.493 e. The molecule has 0 spiro atoms. The average molecular weight is 734 g/mol. The average Bonchev–Trinajstić information content (AvgIpc) is 3.59. The molecule has 0 radical (unpaired) electrons. The minimum Gasteiger partial charge on any atom is -0.493 e. The topological polar surface area (TPSA) is 153 Å². The SMILES string of the molecule is C=CCOc1c(C)c2c(c3c1CC1[C@@H]4c5c(cc(C)c(OC)c5OCOC)C[C@H]([C@H](C#N)N1[C@H]3CNC(=O)[C@H](C)NC(=O)OC(C)(C)C)N4C)OCO2. The van der Waals surface area contributed by atoms with Crippen LogP contribution < -0.4 is 34.3 Å². The lowest BCUT2D eigenvalue weighted by atomic mass is 9.71. The molecule has 0 saturated carbocycles. The third-order valence-electron chi connectivity index (χ3n) is 10.5. The molecule has 53 heavy (non-hydrogen) atoms. The van der Waals surface area contributed by atoms with Gasteiger partial charge >= 0.3 is 6.09 Å². The number of carbonyl (C=O) groups excluding carboxylic acids is 2. The van der Waals surface area contributed by atoms with Gasteiger partial charge in [-0.3, -0.25) is 14.6 Å². The Kier molecular flexibility index (Phi) is 10.7. The van der Waals surface area contributed by atoms with Gasteiger partial charge in [-0.2, -0.15) is 5.26 Å². The van der Waals surface area contributed by atoms with Gasteiger partial charge in [-0.25, -0.2) is 4.79 Å². The Balaban J connectivity index is 1.50. The zero-order valence-electron chi connectivity index (χ0n) is 32.1. The lowest BCUT2D eigenvalue weighted by molar-refractivity contribution is -0.123. The number of piperazine rings is 1. The third-order valence-corrected chi connectivity index (χ3v) is 10.5. The molecule has 14 heteroatoms. The molecular formula is C39H51N5O9. The number of nitriles is 1. The molecule has 1 unspecified atom stereocenters. The number of fused-ring (bicyclic) bond motifs is 9. The van der Waals surface area contributed by atoms with Crippen LogP contribution in [0.15, 0.2) is 18.7 Å². The fourth-order valence-corrected chi connectivity index (χ4v) is 8.50. The first-order chi connectivity index (χ1) is 25.3. The number of amides is 2. The number of hydrogen-bond acceptors (Lipinski definition) is 12. The van der Waals surface area contributed by atoms with Gasteiger partial charge in [0.25, 0.3) is 0 Å². The predicted octanol–water partition coefficient (Wildman–Crippen LogP) is 4.39. The van der Waals surface area contributed by atoms with Crippen molar-refractivity contribution in [1.82, 2.24) is 20.4 Å². The standard InChI is InChI=1S/C39H51N5O9/c1-11-12-49-33-21(3)34-36(52-19-51-34)30-24(33)15-26-31-29-23(13-20(2)32(48-10)35(29)50-18-47-9)14-25(43(31)8)27(16-40)44(26)28(30)17-41-37(45)22(4)42-38(46)53-39(5,6)7/h11,13,22,25-28,31H,1,12,14-15,17-19H2,2-10H3,(H,41,45)(H,42,46)/t22-,25+,26?,27-,28-,31+/m0/s1. The summed E-state index contributed by atoms with van der Waals surface area (Å²) in [5, 5.41) is 16.7. The molecule has 6 rings (SSSR count). The zero-order valence-corrected chi connectivity index (χ0v) is 32.1. The number of likely N-dealkylation sites (N-methyl/N-ethyl adjacent to an activating group) is 1. The summed E-state index contributed by atoms with van der Waals surface area (Å²) >= 11 is 0. The van der Waals surface area contributed by atoms with E-state index in [-0.39, 0.29) is 44.9 Å². The molecule has 2 aromatic carbocycles. The van der Waals surface area contributed by atoms with Gasteiger partial charge in [-0.05, 0) is 72.6 Å². The molecule has 0 aromatic heterocycles. The summed E-state index contributed by atoms with van der Waals surface area (Å²) in [4.78, 5) is 30.7. The summed E-state index contributed by atoms with van der Waals surface area (Å²) in [6, 6.07) is 2.01. The van der Waals surface area contributed by atoms with Crippen LogP contribution in [0.3, 0.4) is 0 Å². The normalized spacial score (nSPS) is 23.4. The zero-order chi connectivity index (χ0) is 38.4. The van der Waals surface area contributed by atoms with Crippen molar-refractivity contribution in [3.63, 3.8) is 0 Å². The summed E-state index contributed by atoms with van der Waals surface area (Å²) in [6.07, 6.45) is 2.07. The number of nitrogens with one attached hydrogen (secondary N) is 2.